The summed E-state index contributed by atoms with van der Waals surface area (Å²) in [6.07, 6.45) is 2.05. The molecule has 8 nitrogen and oxygen atoms in total. The van der Waals surface area contributed by atoms with Crippen LogP contribution in [0.3, 0.4) is 0 Å². The number of halogens is 3. The van der Waals surface area contributed by atoms with Gasteiger partial charge in [-0.05, 0) is 42.5 Å². The molecule has 1 aliphatic heterocycles. The van der Waals surface area contributed by atoms with Gasteiger partial charge in [0, 0.05) is 38.7 Å². The highest BCUT2D eigenvalue weighted by Gasteiger charge is 2.41. The Labute approximate surface area is 244 Å². The van der Waals surface area contributed by atoms with Gasteiger partial charge in [0.1, 0.15) is 29.9 Å². The van der Waals surface area contributed by atoms with E-state index in [4.69, 9.17) is 21.1 Å². The number of carbonyl (C=O) groups excluding carboxylic acids is 1. The molecule has 0 spiro atoms. The Balaban J connectivity index is 1.23. The Kier molecular flexibility index (Phi) is 9.00. The number of aliphatic hydroxyl groups is 1. The van der Waals surface area contributed by atoms with E-state index >= 15 is 0 Å². The fourth-order valence-corrected chi connectivity index (χ4v) is 6.00. The predicted molar refractivity (Wildman–Crippen MR) is 152 cm³/mol. The molecule has 1 fully saturated rings. The zero-order valence-electron chi connectivity index (χ0n) is 21.9. The van der Waals surface area contributed by atoms with E-state index in [2.05, 4.69) is 15.4 Å². The van der Waals surface area contributed by atoms with Crippen molar-refractivity contribution in [3.05, 3.63) is 113 Å². The smallest absolute Gasteiger partial charge is 0.255 e. The average Bonchev–Trinajstić information content (AvgIpc) is 3.47. The van der Waals surface area contributed by atoms with Crippen LogP contribution in [0, 0.1) is 11.6 Å². The first-order chi connectivity index (χ1) is 19.7. The van der Waals surface area contributed by atoms with Crippen LogP contribution in [0.2, 0.25) is 5.02 Å². The van der Waals surface area contributed by atoms with Gasteiger partial charge in [-0.25, -0.2) is 18.4 Å². The first-order valence-corrected chi connectivity index (χ1v) is 14.1. The van der Waals surface area contributed by atoms with Crippen molar-refractivity contribution in [1.82, 2.24) is 14.8 Å². The number of hydrogen-bond donors (Lipinski definition) is 2. The summed E-state index contributed by atoms with van der Waals surface area (Å²) in [6, 6.07) is 16.9. The van der Waals surface area contributed by atoms with E-state index in [9.17, 15) is 18.7 Å². The van der Waals surface area contributed by atoms with Gasteiger partial charge in [-0.15, -0.1) is 11.8 Å². The number of amides is 1. The van der Waals surface area contributed by atoms with Crippen molar-refractivity contribution in [2.45, 2.75) is 35.9 Å². The second kappa shape index (κ2) is 12.7. The normalized spacial score (nSPS) is 19.3. The van der Waals surface area contributed by atoms with Crippen molar-refractivity contribution in [2.75, 3.05) is 18.5 Å². The third-order valence-electron chi connectivity index (χ3n) is 6.73. The Morgan fingerprint density at radius 2 is 1.93 bits per heavy atom. The molecule has 2 heterocycles. The van der Waals surface area contributed by atoms with E-state index in [-0.39, 0.29) is 36.5 Å². The molecule has 1 saturated heterocycles. The molecule has 4 aromatic rings. The number of benzene rings is 3. The summed E-state index contributed by atoms with van der Waals surface area (Å²) in [4.78, 5) is 16.7. The number of rotatable bonds is 9. The molecule has 214 valence electrons. The SMILES string of the molecule is CC(SC1COC(c2cccc(C(=O)Nc3ccc(Cl)cc3)c2)OC1)C(O)(Cn1cncn1)c1ccc(F)cc1F. The summed E-state index contributed by atoms with van der Waals surface area (Å²) in [5.41, 5.74) is -0.0406. The zero-order chi connectivity index (χ0) is 29.0. The fraction of sp³-hybridized carbons (Fsp3) is 0.276. The number of aromatic nitrogens is 3. The predicted octanol–water partition coefficient (Wildman–Crippen LogP) is 5.59. The Hall–Kier alpha value is -3.35. The summed E-state index contributed by atoms with van der Waals surface area (Å²) in [6.45, 7) is 2.24. The van der Waals surface area contributed by atoms with Gasteiger partial charge in [-0.2, -0.15) is 5.10 Å². The van der Waals surface area contributed by atoms with Crippen LogP contribution in [0.1, 0.15) is 34.7 Å². The maximum absolute atomic E-state index is 14.8. The van der Waals surface area contributed by atoms with Crippen LogP contribution in [-0.2, 0) is 21.6 Å². The van der Waals surface area contributed by atoms with E-state index in [0.717, 1.165) is 12.1 Å². The van der Waals surface area contributed by atoms with Crippen molar-refractivity contribution >= 4 is 35.0 Å². The van der Waals surface area contributed by atoms with Crippen molar-refractivity contribution in [1.29, 1.82) is 0 Å². The number of thioether (sulfide) groups is 1. The molecule has 5 rings (SSSR count). The van der Waals surface area contributed by atoms with Gasteiger partial charge in [0.2, 0.25) is 0 Å². The van der Waals surface area contributed by atoms with E-state index in [1.165, 1.54) is 35.2 Å². The van der Waals surface area contributed by atoms with Crippen LogP contribution in [0.15, 0.2) is 79.4 Å². The topological polar surface area (TPSA) is 98.5 Å². The van der Waals surface area contributed by atoms with E-state index in [1.54, 1.807) is 49.4 Å². The molecule has 2 atom stereocenters. The largest absolute Gasteiger partial charge is 0.382 e. The fourth-order valence-electron chi connectivity index (χ4n) is 4.56. The molecule has 1 aromatic heterocycles. The lowest BCUT2D eigenvalue weighted by molar-refractivity contribution is -0.180. The number of carbonyl (C=O) groups is 1. The minimum atomic E-state index is -1.74. The lowest BCUT2D eigenvalue weighted by Gasteiger charge is -2.37. The van der Waals surface area contributed by atoms with E-state index in [0.29, 0.717) is 21.8 Å². The Morgan fingerprint density at radius 1 is 1.17 bits per heavy atom. The highest BCUT2D eigenvalue weighted by atomic mass is 35.5. The summed E-state index contributed by atoms with van der Waals surface area (Å²) in [5.74, 6) is -1.87. The highest BCUT2D eigenvalue weighted by molar-refractivity contribution is 8.00. The molecule has 1 amide bonds. The Bertz CT molecular complexity index is 1490. The molecule has 2 unspecified atom stereocenters. The lowest BCUT2D eigenvalue weighted by Crippen LogP contribution is -2.43. The third-order valence-corrected chi connectivity index (χ3v) is 8.43. The minimum absolute atomic E-state index is 0.0429. The van der Waals surface area contributed by atoms with Gasteiger partial charge >= 0.3 is 0 Å². The quantitative estimate of drug-likeness (QED) is 0.259. The van der Waals surface area contributed by atoms with Crippen molar-refractivity contribution in [3.8, 4) is 0 Å². The standard InChI is InChI=1S/C29H27ClF2N4O4S/c1-18(29(38,15-36-17-33-16-34-36)25-10-7-22(31)12-26(25)32)41-24-13-39-28(40-14-24)20-4-2-3-19(11-20)27(37)35-23-8-5-21(30)6-9-23/h2-12,16-18,24,28,38H,13-15H2,1H3,(H,35,37). The Morgan fingerprint density at radius 3 is 2.61 bits per heavy atom. The number of nitrogens with zero attached hydrogens (tertiary/aromatic N) is 3. The number of anilines is 1. The van der Waals surface area contributed by atoms with Crippen molar-refractivity contribution in [2.24, 2.45) is 0 Å². The number of nitrogens with one attached hydrogen (secondary N) is 1. The maximum Gasteiger partial charge on any atom is 0.255 e. The summed E-state index contributed by atoms with van der Waals surface area (Å²) in [7, 11) is 0. The minimum Gasteiger partial charge on any atom is -0.382 e. The molecule has 1 aliphatic rings. The maximum atomic E-state index is 14.8. The number of hydrogen-bond acceptors (Lipinski definition) is 7. The summed E-state index contributed by atoms with van der Waals surface area (Å²) >= 11 is 7.28. The highest BCUT2D eigenvalue weighted by Crippen LogP contribution is 2.39. The second-order valence-corrected chi connectivity index (χ2v) is 11.7. The average molecular weight is 601 g/mol. The molecule has 12 heteroatoms. The van der Waals surface area contributed by atoms with Gasteiger partial charge in [-0.1, -0.05) is 36.7 Å². The van der Waals surface area contributed by atoms with Gasteiger partial charge in [0.05, 0.1) is 25.0 Å². The molecular weight excluding hydrogens is 574 g/mol. The summed E-state index contributed by atoms with van der Waals surface area (Å²) in [5, 5.41) is 18.5. The van der Waals surface area contributed by atoms with Crippen LogP contribution < -0.4 is 5.32 Å². The third kappa shape index (κ3) is 6.94. The zero-order valence-corrected chi connectivity index (χ0v) is 23.5. The molecule has 0 radical (unpaired) electrons. The van der Waals surface area contributed by atoms with Crippen molar-refractivity contribution in [3.63, 3.8) is 0 Å². The van der Waals surface area contributed by atoms with Crippen LogP contribution in [-0.4, -0.2) is 49.5 Å². The van der Waals surface area contributed by atoms with E-state index in [1.807, 2.05) is 6.07 Å². The van der Waals surface area contributed by atoms with Gasteiger partial charge < -0.3 is 19.9 Å². The van der Waals surface area contributed by atoms with Crippen LogP contribution in [0.5, 0.6) is 0 Å². The van der Waals surface area contributed by atoms with Crippen LogP contribution in [0.25, 0.3) is 0 Å². The molecule has 41 heavy (non-hydrogen) atoms. The molecule has 2 N–H and O–H groups in total. The van der Waals surface area contributed by atoms with E-state index < -0.39 is 28.8 Å². The molecule has 0 bridgehead atoms. The van der Waals surface area contributed by atoms with Crippen molar-refractivity contribution < 1.29 is 28.2 Å². The second-order valence-electron chi connectivity index (χ2n) is 9.63. The molecular formula is C29H27ClF2N4O4S. The molecule has 0 saturated carbocycles. The summed E-state index contributed by atoms with van der Waals surface area (Å²) < 4.78 is 41.8. The van der Waals surface area contributed by atoms with Crippen LogP contribution in [0.4, 0.5) is 14.5 Å². The first kappa shape index (κ1) is 29.2. The monoisotopic (exact) mass is 600 g/mol. The number of ether oxygens (including phenoxy) is 2. The van der Waals surface area contributed by atoms with Crippen LogP contribution >= 0.6 is 23.4 Å². The molecule has 3 aromatic carbocycles. The van der Waals surface area contributed by atoms with Gasteiger partial charge in [-0.3, -0.25) is 4.79 Å². The van der Waals surface area contributed by atoms with Gasteiger partial charge in [0.25, 0.3) is 5.91 Å². The van der Waals surface area contributed by atoms with Gasteiger partial charge in [0.15, 0.2) is 6.29 Å². The molecule has 0 aliphatic carbocycles. The lowest BCUT2D eigenvalue weighted by atomic mass is 9.90. The first-order valence-electron chi connectivity index (χ1n) is 12.8.